The molecule has 0 fully saturated rings. The number of rotatable bonds is 6. The lowest BCUT2D eigenvalue weighted by Gasteiger charge is -2.25. The third-order valence-electron chi connectivity index (χ3n) is 2.86. The zero-order valence-electron chi connectivity index (χ0n) is 10.4. The van der Waals surface area contributed by atoms with Crippen molar-refractivity contribution in [2.24, 2.45) is 11.7 Å². The van der Waals surface area contributed by atoms with Crippen LogP contribution in [0.15, 0.2) is 24.3 Å². The normalized spacial score (nSPS) is 14.5. The summed E-state index contributed by atoms with van der Waals surface area (Å²) >= 11 is 0. The van der Waals surface area contributed by atoms with Gasteiger partial charge in [0.2, 0.25) is 0 Å². The molecule has 0 heterocycles. The van der Waals surface area contributed by atoms with Crippen LogP contribution < -0.4 is 11.1 Å². The fraction of sp³-hybridized carbons (Fsp3) is 0.538. The molecule has 0 saturated heterocycles. The van der Waals surface area contributed by atoms with E-state index in [1.54, 1.807) is 7.11 Å². The number of hydrogen-bond acceptors (Lipinski definition) is 3. The summed E-state index contributed by atoms with van der Waals surface area (Å²) < 4.78 is 5.16. The van der Waals surface area contributed by atoms with Gasteiger partial charge in [0.1, 0.15) is 0 Å². The average molecular weight is 222 g/mol. The summed E-state index contributed by atoms with van der Waals surface area (Å²) in [6, 6.07) is 8.50. The molecule has 0 aliphatic rings. The lowest BCUT2D eigenvalue weighted by molar-refractivity contribution is 0.151. The van der Waals surface area contributed by atoms with E-state index in [9.17, 15) is 0 Å². The van der Waals surface area contributed by atoms with E-state index in [1.165, 1.54) is 5.56 Å². The molecule has 0 aromatic heterocycles. The summed E-state index contributed by atoms with van der Waals surface area (Å²) in [4.78, 5) is 0. The van der Waals surface area contributed by atoms with Crippen LogP contribution in [0, 0.1) is 12.8 Å². The first-order chi connectivity index (χ1) is 7.69. The third-order valence-corrected chi connectivity index (χ3v) is 2.86. The molecule has 1 aromatic rings. The van der Waals surface area contributed by atoms with Crippen molar-refractivity contribution in [3.05, 3.63) is 29.8 Å². The highest BCUT2D eigenvalue weighted by Gasteiger charge is 2.15. The number of nitrogens with one attached hydrogen (secondary N) is 1. The van der Waals surface area contributed by atoms with Crippen molar-refractivity contribution in [2.75, 3.05) is 25.6 Å². The third kappa shape index (κ3) is 3.51. The maximum absolute atomic E-state index is 5.78. The van der Waals surface area contributed by atoms with Gasteiger partial charge in [-0.15, -0.1) is 0 Å². The second-order valence-electron chi connectivity index (χ2n) is 4.23. The second-order valence-corrected chi connectivity index (χ2v) is 4.23. The van der Waals surface area contributed by atoms with Gasteiger partial charge in [-0.1, -0.05) is 25.1 Å². The van der Waals surface area contributed by atoms with Gasteiger partial charge in [0, 0.05) is 31.3 Å². The van der Waals surface area contributed by atoms with Gasteiger partial charge in [0.05, 0.1) is 6.61 Å². The van der Waals surface area contributed by atoms with Crippen molar-refractivity contribution in [3.63, 3.8) is 0 Å². The van der Waals surface area contributed by atoms with Crippen molar-refractivity contribution in [2.45, 2.75) is 19.9 Å². The van der Waals surface area contributed by atoms with Gasteiger partial charge in [-0.25, -0.2) is 0 Å². The molecular formula is C13H22N2O. The monoisotopic (exact) mass is 222 g/mol. The smallest absolute Gasteiger partial charge is 0.0507 e. The van der Waals surface area contributed by atoms with Crippen LogP contribution in [-0.2, 0) is 4.74 Å². The average Bonchev–Trinajstić information content (AvgIpc) is 2.28. The number of benzene rings is 1. The Labute approximate surface area is 98.0 Å². The van der Waals surface area contributed by atoms with Gasteiger partial charge in [-0.2, -0.15) is 0 Å². The first-order valence-corrected chi connectivity index (χ1v) is 5.70. The summed E-state index contributed by atoms with van der Waals surface area (Å²) in [7, 11) is 1.72. The van der Waals surface area contributed by atoms with Gasteiger partial charge in [0.15, 0.2) is 0 Å². The molecule has 0 radical (unpaired) electrons. The molecule has 0 saturated carbocycles. The molecule has 1 rings (SSSR count). The molecule has 3 N–H and O–H groups in total. The van der Waals surface area contributed by atoms with Gasteiger partial charge in [-0.3, -0.25) is 0 Å². The van der Waals surface area contributed by atoms with Crippen LogP contribution in [0.5, 0.6) is 0 Å². The second kappa shape index (κ2) is 6.51. The number of nitrogens with two attached hydrogens (primary N) is 1. The SMILES string of the molecule is COCC(C)C(CN)Nc1ccccc1C. The zero-order valence-corrected chi connectivity index (χ0v) is 10.4. The first-order valence-electron chi connectivity index (χ1n) is 5.70. The zero-order chi connectivity index (χ0) is 12.0. The predicted octanol–water partition coefficient (Wildman–Crippen LogP) is 2.02. The van der Waals surface area contributed by atoms with Crippen LogP contribution in [0.4, 0.5) is 5.69 Å². The predicted molar refractivity (Wildman–Crippen MR) is 68.7 cm³/mol. The highest BCUT2D eigenvalue weighted by molar-refractivity contribution is 5.51. The number of hydrogen-bond donors (Lipinski definition) is 2. The van der Waals surface area contributed by atoms with Crippen molar-refractivity contribution < 1.29 is 4.74 Å². The van der Waals surface area contributed by atoms with Crippen LogP contribution in [-0.4, -0.2) is 26.3 Å². The van der Waals surface area contributed by atoms with Crippen molar-refractivity contribution in [1.82, 2.24) is 0 Å². The van der Waals surface area contributed by atoms with Crippen molar-refractivity contribution >= 4 is 5.69 Å². The molecule has 1 aromatic carbocycles. The molecule has 2 unspecified atom stereocenters. The van der Waals surface area contributed by atoms with Crippen LogP contribution in [0.1, 0.15) is 12.5 Å². The summed E-state index contributed by atoms with van der Waals surface area (Å²) in [6.07, 6.45) is 0. The van der Waals surface area contributed by atoms with E-state index < -0.39 is 0 Å². The number of anilines is 1. The molecule has 0 aliphatic carbocycles. The molecule has 0 spiro atoms. The Morgan fingerprint density at radius 3 is 2.62 bits per heavy atom. The van der Waals surface area contributed by atoms with E-state index in [1.807, 2.05) is 12.1 Å². The van der Waals surface area contributed by atoms with E-state index in [0.29, 0.717) is 12.5 Å². The maximum Gasteiger partial charge on any atom is 0.0507 e. The van der Waals surface area contributed by atoms with E-state index in [0.717, 1.165) is 12.3 Å². The van der Waals surface area contributed by atoms with E-state index in [-0.39, 0.29) is 6.04 Å². The van der Waals surface area contributed by atoms with E-state index >= 15 is 0 Å². The maximum atomic E-state index is 5.78. The molecule has 0 aliphatic heterocycles. The number of ether oxygens (including phenoxy) is 1. The minimum Gasteiger partial charge on any atom is -0.384 e. The highest BCUT2D eigenvalue weighted by Crippen LogP contribution is 2.17. The van der Waals surface area contributed by atoms with Crippen LogP contribution in [0.3, 0.4) is 0 Å². The Morgan fingerprint density at radius 1 is 1.38 bits per heavy atom. The number of methoxy groups -OCH3 is 1. The minimum atomic E-state index is 0.251. The minimum absolute atomic E-state index is 0.251. The van der Waals surface area contributed by atoms with E-state index in [2.05, 4.69) is 31.3 Å². The molecular weight excluding hydrogens is 200 g/mol. The van der Waals surface area contributed by atoms with E-state index in [4.69, 9.17) is 10.5 Å². The Hall–Kier alpha value is -1.06. The summed E-state index contributed by atoms with van der Waals surface area (Å²) in [5.41, 5.74) is 8.18. The van der Waals surface area contributed by atoms with Gasteiger partial charge in [-0.05, 0) is 18.6 Å². The fourth-order valence-electron chi connectivity index (χ4n) is 1.75. The number of para-hydroxylation sites is 1. The molecule has 16 heavy (non-hydrogen) atoms. The Morgan fingerprint density at radius 2 is 2.06 bits per heavy atom. The molecule has 2 atom stereocenters. The van der Waals surface area contributed by atoms with Crippen LogP contribution >= 0.6 is 0 Å². The van der Waals surface area contributed by atoms with Crippen molar-refractivity contribution in [3.8, 4) is 0 Å². The summed E-state index contributed by atoms with van der Waals surface area (Å²) in [5.74, 6) is 0.398. The highest BCUT2D eigenvalue weighted by atomic mass is 16.5. The molecule has 3 heteroatoms. The first kappa shape index (κ1) is 13.0. The molecule has 0 bridgehead atoms. The van der Waals surface area contributed by atoms with Crippen LogP contribution in [0.2, 0.25) is 0 Å². The Balaban J connectivity index is 2.66. The molecule has 3 nitrogen and oxygen atoms in total. The Kier molecular flexibility index (Phi) is 5.29. The molecule has 90 valence electrons. The van der Waals surface area contributed by atoms with Gasteiger partial charge < -0.3 is 15.8 Å². The topological polar surface area (TPSA) is 47.3 Å². The van der Waals surface area contributed by atoms with Crippen molar-refractivity contribution in [1.29, 1.82) is 0 Å². The lowest BCUT2D eigenvalue weighted by Crippen LogP contribution is -2.37. The Bertz CT molecular complexity index is 315. The fourth-order valence-corrected chi connectivity index (χ4v) is 1.75. The largest absolute Gasteiger partial charge is 0.384 e. The summed E-state index contributed by atoms with van der Waals surface area (Å²) in [5, 5.41) is 3.48. The van der Waals surface area contributed by atoms with Gasteiger partial charge in [0.25, 0.3) is 0 Å². The van der Waals surface area contributed by atoms with Gasteiger partial charge >= 0.3 is 0 Å². The quantitative estimate of drug-likeness (QED) is 0.774. The molecule has 0 amide bonds. The van der Waals surface area contributed by atoms with Crippen LogP contribution in [0.25, 0.3) is 0 Å². The lowest BCUT2D eigenvalue weighted by atomic mass is 10.0. The summed E-state index contributed by atoms with van der Waals surface area (Å²) in [6.45, 7) is 5.57. The standard InChI is InChI=1S/C13H22N2O/c1-10-6-4-5-7-12(10)15-13(8-14)11(2)9-16-3/h4-7,11,13,15H,8-9,14H2,1-3H3. The number of aryl methyl sites for hydroxylation is 1.